The van der Waals surface area contributed by atoms with Crippen LogP contribution in [-0.4, -0.2) is 38.6 Å². The lowest BCUT2D eigenvalue weighted by Gasteiger charge is -2.25. The lowest BCUT2D eigenvalue weighted by molar-refractivity contribution is 0.0551. The number of nitrogens with zero attached hydrogens (tertiary/aromatic N) is 4. The maximum Gasteiger partial charge on any atom is 0.252 e. The number of nitrogens with one attached hydrogen (secondary N) is 1. The number of imidazole rings is 1. The number of ether oxygens (including phenoxy) is 1. The minimum absolute atomic E-state index is 0.0285. The fraction of sp³-hybridized carbons (Fsp3) is 0.250. The Balaban J connectivity index is 1.56. The van der Waals surface area contributed by atoms with Crippen molar-refractivity contribution in [3.05, 3.63) is 54.2 Å². The van der Waals surface area contributed by atoms with E-state index in [0.717, 1.165) is 17.0 Å². The molecule has 1 aliphatic heterocycles. The Kier molecular flexibility index (Phi) is 3.47. The molecule has 23 heavy (non-hydrogen) atoms. The van der Waals surface area contributed by atoms with Crippen LogP contribution in [0.3, 0.4) is 0 Å². The van der Waals surface area contributed by atoms with Crippen LogP contribution in [0.25, 0.3) is 11.2 Å². The molecule has 0 saturated carbocycles. The number of pyridine rings is 2. The molecular weight excluding hydrogens is 294 g/mol. The van der Waals surface area contributed by atoms with E-state index in [1.54, 1.807) is 30.7 Å². The highest BCUT2D eigenvalue weighted by Crippen LogP contribution is 2.24. The predicted molar refractivity (Wildman–Crippen MR) is 82.8 cm³/mol. The summed E-state index contributed by atoms with van der Waals surface area (Å²) in [6, 6.07) is 7.24. The molecule has 0 bridgehead atoms. The standard InChI is InChI=1S/C16H15N5O2/c22-16(11-3-1-5-17-7-11)19-8-12-9-23-10-14-20-13-4-2-6-18-15(13)21(12)14/h1-7,12H,8-10H2,(H,19,22)/t12-/m0/s1. The Bertz CT molecular complexity index is 846. The van der Waals surface area contributed by atoms with Crippen molar-refractivity contribution in [1.82, 2.24) is 24.8 Å². The SMILES string of the molecule is O=C(NC[C@H]1COCc2nc3cccnc3n21)c1cccnc1. The molecule has 3 aromatic rings. The second-order valence-corrected chi connectivity index (χ2v) is 5.36. The van der Waals surface area contributed by atoms with Crippen LogP contribution in [0, 0.1) is 0 Å². The first-order chi connectivity index (χ1) is 11.3. The second kappa shape index (κ2) is 5.77. The van der Waals surface area contributed by atoms with Crippen LogP contribution in [0.2, 0.25) is 0 Å². The Morgan fingerprint density at radius 2 is 2.26 bits per heavy atom. The first kappa shape index (κ1) is 13.8. The smallest absolute Gasteiger partial charge is 0.252 e. The Hall–Kier alpha value is -2.80. The van der Waals surface area contributed by atoms with Gasteiger partial charge in [0.05, 0.1) is 18.2 Å². The minimum atomic E-state index is -0.150. The van der Waals surface area contributed by atoms with Gasteiger partial charge in [-0.2, -0.15) is 0 Å². The van der Waals surface area contributed by atoms with Gasteiger partial charge in [-0.3, -0.25) is 9.78 Å². The average Bonchev–Trinajstić information content (AvgIpc) is 2.99. The molecule has 4 rings (SSSR count). The molecule has 7 nitrogen and oxygen atoms in total. The summed E-state index contributed by atoms with van der Waals surface area (Å²) in [6.07, 6.45) is 4.94. The molecule has 0 unspecified atom stereocenters. The number of hydrogen-bond acceptors (Lipinski definition) is 5. The van der Waals surface area contributed by atoms with Gasteiger partial charge in [0.25, 0.3) is 5.91 Å². The molecule has 0 spiro atoms. The summed E-state index contributed by atoms with van der Waals surface area (Å²) in [5.41, 5.74) is 2.21. The van der Waals surface area contributed by atoms with Gasteiger partial charge in [-0.25, -0.2) is 9.97 Å². The molecule has 4 heterocycles. The number of fused-ring (bicyclic) bond motifs is 3. The molecule has 1 N–H and O–H groups in total. The van der Waals surface area contributed by atoms with Crippen molar-refractivity contribution in [1.29, 1.82) is 0 Å². The molecule has 1 aliphatic rings. The van der Waals surface area contributed by atoms with Crippen LogP contribution >= 0.6 is 0 Å². The van der Waals surface area contributed by atoms with Gasteiger partial charge in [-0.1, -0.05) is 0 Å². The number of hydrogen-bond donors (Lipinski definition) is 1. The summed E-state index contributed by atoms with van der Waals surface area (Å²) in [5.74, 6) is 0.688. The Labute approximate surface area is 132 Å². The van der Waals surface area contributed by atoms with Crippen LogP contribution in [0.1, 0.15) is 22.2 Å². The van der Waals surface area contributed by atoms with Gasteiger partial charge in [0, 0.05) is 25.1 Å². The zero-order valence-electron chi connectivity index (χ0n) is 12.3. The van der Waals surface area contributed by atoms with Crippen molar-refractivity contribution < 1.29 is 9.53 Å². The molecule has 0 aromatic carbocycles. The van der Waals surface area contributed by atoms with E-state index >= 15 is 0 Å². The summed E-state index contributed by atoms with van der Waals surface area (Å²) in [7, 11) is 0. The van der Waals surface area contributed by atoms with E-state index in [4.69, 9.17) is 4.74 Å². The third-order valence-electron chi connectivity index (χ3n) is 3.85. The van der Waals surface area contributed by atoms with Gasteiger partial charge < -0.3 is 14.6 Å². The lowest BCUT2D eigenvalue weighted by Crippen LogP contribution is -2.35. The number of carbonyl (C=O) groups excluding carboxylic acids is 1. The van der Waals surface area contributed by atoms with Crippen molar-refractivity contribution in [2.75, 3.05) is 13.2 Å². The van der Waals surface area contributed by atoms with Gasteiger partial charge in [0.15, 0.2) is 5.65 Å². The normalized spacial score (nSPS) is 17.0. The molecule has 1 atom stereocenters. The van der Waals surface area contributed by atoms with E-state index in [1.165, 1.54) is 0 Å². The highest BCUT2D eigenvalue weighted by Gasteiger charge is 2.25. The largest absolute Gasteiger partial charge is 0.371 e. The molecular formula is C16H15N5O2. The van der Waals surface area contributed by atoms with Gasteiger partial charge in [0.2, 0.25) is 0 Å². The van der Waals surface area contributed by atoms with Crippen molar-refractivity contribution >= 4 is 17.1 Å². The van der Waals surface area contributed by atoms with Gasteiger partial charge in [-0.15, -0.1) is 0 Å². The molecule has 0 aliphatic carbocycles. The minimum Gasteiger partial charge on any atom is -0.371 e. The van der Waals surface area contributed by atoms with Gasteiger partial charge in [0.1, 0.15) is 17.9 Å². The number of carbonyl (C=O) groups is 1. The van der Waals surface area contributed by atoms with Crippen LogP contribution in [0.5, 0.6) is 0 Å². The fourth-order valence-electron chi connectivity index (χ4n) is 2.78. The first-order valence-corrected chi connectivity index (χ1v) is 7.41. The summed E-state index contributed by atoms with van der Waals surface area (Å²) >= 11 is 0. The fourth-order valence-corrected chi connectivity index (χ4v) is 2.78. The van der Waals surface area contributed by atoms with Crippen molar-refractivity contribution in [2.45, 2.75) is 12.6 Å². The van der Waals surface area contributed by atoms with E-state index in [-0.39, 0.29) is 11.9 Å². The molecule has 3 aromatic heterocycles. The zero-order chi connectivity index (χ0) is 15.6. The third kappa shape index (κ3) is 2.55. The van der Waals surface area contributed by atoms with Gasteiger partial charge in [-0.05, 0) is 24.3 Å². The molecule has 0 fully saturated rings. The summed E-state index contributed by atoms with van der Waals surface area (Å²) in [4.78, 5) is 25.1. The Morgan fingerprint density at radius 3 is 3.13 bits per heavy atom. The van der Waals surface area contributed by atoms with Crippen LogP contribution in [0.15, 0.2) is 42.9 Å². The molecule has 0 radical (unpaired) electrons. The molecule has 116 valence electrons. The van der Waals surface area contributed by atoms with Gasteiger partial charge >= 0.3 is 0 Å². The lowest BCUT2D eigenvalue weighted by atomic mass is 10.2. The van der Waals surface area contributed by atoms with E-state index in [0.29, 0.717) is 25.3 Å². The first-order valence-electron chi connectivity index (χ1n) is 7.41. The second-order valence-electron chi connectivity index (χ2n) is 5.36. The average molecular weight is 309 g/mol. The van der Waals surface area contributed by atoms with E-state index < -0.39 is 0 Å². The van der Waals surface area contributed by atoms with Crippen LogP contribution in [-0.2, 0) is 11.3 Å². The molecule has 1 amide bonds. The summed E-state index contributed by atoms with van der Waals surface area (Å²) in [5, 5.41) is 2.93. The highest BCUT2D eigenvalue weighted by molar-refractivity contribution is 5.93. The van der Waals surface area contributed by atoms with Crippen molar-refractivity contribution in [3.8, 4) is 0 Å². The summed E-state index contributed by atoms with van der Waals surface area (Å²) in [6.45, 7) is 1.43. The van der Waals surface area contributed by atoms with Crippen molar-refractivity contribution in [2.24, 2.45) is 0 Å². The van der Waals surface area contributed by atoms with Crippen LogP contribution < -0.4 is 5.32 Å². The number of amides is 1. The molecule has 7 heteroatoms. The topological polar surface area (TPSA) is 81.9 Å². The Morgan fingerprint density at radius 1 is 1.35 bits per heavy atom. The monoisotopic (exact) mass is 309 g/mol. The molecule has 0 saturated heterocycles. The van der Waals surface area contributed by atoms with E-state index in [9.17, 15) is 4.79 Å². The zero-order valence-corrected chi connectivity index (χ0v) is 12.3. The van der Waals surface area contributed by atoms with Crippen molar-refractivity contribution in [3.63, 3.8) is 0 Å². The quantitative estimate of drug-likeness (QED) is 0.789. The van der Waals surface area contributed by atoms with E-state index in [1.807, 2.05) is 12.1 Å². The maximum absolute atomic E-state index is 12.2. The van der Waals surface area contributed by atoms with Crippen LogP contribution in [0.4, 0.5) is 0 Å². The third-order valence-corrected chi connectivity index (χ3v) is 3.85. The number of rotatable bonds is 3. The predicted octanol–water partition coefficient (Wildman–Crippen LogP) is 1.33. The summed E-state index contributed by atoms with van der Waals surface area (Å²) < 4.78 is 7.66. The highest BCUT2D eigenvalue weighted by atomic mass is 16.5. The number of aromatic nitrogens is 4. The maximum atomic E-state index is 12.2. The van der Waals surface area contributed by atoms with E-state index in [2.05, 4.69) is 24.8 Å².